The second-order valence-electron chi connectivity index (χ2n) is 8.56. The molecule has 0 aliphatic heterocycles. The number of carbonyl (C=O) groups is 1. The molecule has 2 aromatic carbocycles. The zero-order chi connectivity index (χ0) is 22.7. The fraction of sp³-hybridized carbons (Fsp3) is 0.400. The maximum atomic E-state index is 12.5. The molecule has 0 bridgehead atoms. The van der Waals surface area contributed by atoms with Crippen LogP contribution in [0.15, 0.2) is 42.5 Å². The summed E-state index contributed by atoms with van der Waals surface area (Å²) >= 11 is 6.16. The lowest BCUT2D eigenvalue weighted by Gasteiger charge is -2.29. The number of hydrogen-bond acceptors (Lipinski definition) is 6. The highest BCUT2D eigenvalue weighted by atomic mass is 35.5. The predicted octanol–water partition coefficient (Wildman–Crippen LogP) is 4.97. The Balaban J connectivity index is 0.00000306. The van der Waals surface area contributed by atoms with Gasteiger partial charge in [0.1, 0.15) is 5.82 Å². The molecular formula is C25H33ClN6O. The second-order valence-corrected chi connectivity index (χ2v) is 8.94. The number of hydrogen-bond donors (Lipinski definition) is 3. The van der Waals surface area contributed by atoms with Crippen LogP contribution in [0.5, 0.6) is 0 Å². The van der Waals surface area contributed by atoms with Gasteiger partial charge in [0.2, 0.25) is 5.95 Å². The Kier molecular flexibility index (Phi) is 7.97. The van der Waals surface area contributed by atoms with E-state index in [-0.39, 0.29) is 13.3 Å². The van der Waals surface area contributed by atoms with Crippen molar-refractivity contribution in [1.29, 1.82) is 0 Å². The summed E-state index contributed by atoms with van der Waals surface area (Å²) in [4.78, 5) is 23.9. The molecule has 1 aliphatic rings. The van der Waals surface area contributed by atoms with Crippen LogP contribution in [-0.4, -0.2) is 42.6 Å². The molecule has 1 saturated carbocycles. The molecule has 0 unspecified atom stereocenters. The number of rotatable bonds is 6. The summed E-state index contributed by atoms with van der Waals surface area (Å²) in [6.07, 6.45) is 4.06. The number of benzene rings is 2. The first-order valence-corrected chi connectivity index (χ1v) is 11.3. The Morgan fingerprint density at radius 1 is 1.09 bits per heavy atom. The smallest absolute Gasteiger partial charge is 0.252 e. The highest BCUT2D eigenvalue weighted by Crippen LogP contribution is 2.28. The number of halogens is 1. The zero-order valence-electron chi connectivity index (χ0n) is 18.4. The first-order valence-electron chi connectivity index (χ1n) is 10.9. The molecule has 4 N–H and O–H groups in total. The Morgan fingerprint density at radius 3 is 2.55 bits per heavy atom. The number of amides is 1. The number of nitrogens with zero attached hydrogens (tertiary/aromatic N) is 3. The Labute approximate surface area is 200 Å². The van der Waals surface area contributed by atoms with Gasteiger partial charge in [-0.2, -0.15) is 4.98 Å². The summed E-state index contributed by atoms with van der Waals surface area (Å²) in [5.41, 5.74) is 7.58. The van der Waals surface area contributed by atoms with Crippen molar-refractivity contribution >= 4 is 45.9 Å². The van der Waals surface area contributed by atoms with Crippen molar-refractivity contribution in [2.75, 3.05) is 36.6 Å². The van der Waals surface area contributed by atoms with Gasteiger partial charge in [-0.3, -0.25) is 4.79 Å². The quantitative estimate of drug-likeness (QED) is 0.442. The molecule has 0 saturated heterocycles. The van der Waals surface area contributed by atoms with Crippen molar-refractivity contribution in [3.63, 3.8) is 0 Å². The van der Waals surface area contributed by atoms with Crippen LogP contribution in [0.4, 0.5) is 17.5 Å². The van der Waals surface area contributed by atoms with Gasteiger partial charge in [0, 0.05) is 32.1 Å². The van der Waals surface area contributed by atoms with Crippen LogP contribution in [0, 0.1) is 5.92 Å². The maximum absolute atomic E-state index is 12.5. The fourth-order valence-corrected chi connectivity index (χ4v) is 4.43. The summed E-state index contributed by atoms with van der Waals surface area (Å²) in [6.45, 7) is 0.633. The normalized spacial score (nSPS) is 17.8. The number of para-hydroxylation sites is 1. The molecule has 4 rings (SSSR count). The van der Waals surface area contributed by atoms with Gasteiger partial charge in [0.15, 0.2) is 0 Å². The molecule has 0 spiro atoms. The molecule has 0 atom stereocenters. The Hall–Kier alpha value is -3.06. The maximum Gasteiger partial charge on any atom is 0.252 e. The molecule has 7 nitrogen and oxygen atoms in total. The van der Waals surface area contributed by atoms with E-state index >= 15 is 0 Å². The van der Waals surface area contributed by atoms with E-state index in [1.165, 1.54) is 0 Å². The van der Waals surface area contributed by atoms with Crippen molar-refractivity contribution in [2.24, 2.45) is 5.92 Å². The predicted molar refractivity (Wildman–Crippen MR) is 138 cm³/mol. The van der Waals surface area contributed by atoms with Crippen LogP contribution < -0.4 is 21.3 Å². The van der Waals surface area contributed by atoms with E-state index < -0.39 is 0 Å². The number of carbonyl (C=O) groups excluding carboxylic acids is 1. The largest absolute Gasteiger partial charge is 0.398 e. The van der Waals surface area contributed by atoms with Crippen LogP contribution in [0.25, 0.3) is 10.9 Å². The molecule has 1 heterocycles. The third-order valence-corrected chi connectivity index (χ3v) is 6.43. The van der Waals surface area contributed by atoms with Gasteiger partial charge in [-0.15, -0.1) is 0 Å². The van der Waals surface area contributed by atoms with Crippen LogP contribution in [0.1, 0.15) is 43.5 Å². The minimum atomic E-state index is -0.177. The zero-order valence-corrected chi connectivity index (χ0v) is 19.2. The van der Waals surface area contributed by atoms with Crippen molar-refractivity contribution < 1.29 is 4.79 Å². The lowest BCUT2D eigenvalue weighted by molar-refractivity contribution is 0.0943. The lowest BCUT2D eigenvalue weighted by Crippen LogP contribution is -2.34. The Bertz CT molecular complexity index is 1110. The van der Waals surface area contributed by atoms with Crippen LogP contribution in [0.2, 0.25) is 5.02 Å². The third kappa shape index (κ3) is 5.66. The minimum absolute atomic E-state index is 0. The molecule has 1 aliphatic carbocycles. The molecule has 33 heavy (non-hydrogen) atoms. The number of nitrogens with two attached hydrogens (primary N) is 1. The first kappa shape index (κ1) is 24.6. The van der Waals surface area contributed by atoms with E-state index in [0.717, 1.165) is 42.4 Å². The molecule has 8 heteroatoms. The molecule has 176 valence electrons. The van der Waals surface area contributed by atoms with E-state index in [0.29, 0.717) is 40.7 Å². The minimum Gasteiger partial charge on any atom is -0.398 e. The van der Waals surface area contributed by atoms with Crippen LogP contribution >= 0.6 is 11.6 Å². The van der Waals surface area contributed by atoms with Gasteiger partial charge >= 0.3 is 0 Å². The van der Waals surface area contributed by atoms with E-state index in [1.54, 1.807) is 18.2 Å². The molecule has 3 aromatic rings. The SMILES string of the molecule is C.CN(C)c1nc(NC2CCC(CNC(=O)c3cccc(N)c3Cl)CC2)nc2ccccc12. The molecule has 0 radical (unpaired) electrons. The van der Waals surface area contributed by atoms with Gasteiger partial charge in [-0.1, -0.05) is 37.2 Å². The van der Waals surface area contributed by atoms with Crippen molar-refractivity contribution in [1.82, 2.24) is 15.3 Å². The summed E-state index contributed by atoms with van der Waals surface area (Å²) < 4.78 is 0. The lowest BCUT2D eigenvalue weighted by atomic mass is 9.86. The molecular weight excluding hydrogens is 436 g/mol. The summed E-state index contributed by atoms with van der Waals surface area (Å²) in [7, 11) is 3.99. The standard InChI is InChI=1S/C24H29ClN6O.CH4/c1-31(2)22-17-6-3-4-9-20(17)29-24(30-22)28-16-12-10-15(11-13-16)14-27-23(32)18-7-5-8-19(26)21(18)25;/h3-9,15-16H,10-14,26H2,1-2H3,(H,27,32)(H,28,29,30);1H4. The van der Waals surface area contributed by atoms with Crippen LogP contribution in [0.3, 0.4) is 0 Å². The molecule has 1 fully saturated rings. The van der Waals surface area contributed by atoms with Gasteiger partial charge in [-0.25, -0.2) is 4.98 Å². The summed E-state index contributed by atoms with van der Waals surface area (Å²) in [5, 5.41) is 7.89. The topological polar surface area (TPSA) is 96.2 Å². The number of anilines is 3. The van der Waals surface area contributed by atoms with Gasteiger partial charge in [0.25, 0.3) is 5.91 Å². The van der Waals surface area contributed by atoms with Crippen LogP contribution in [-0.2, 0) is 0 Å². The fourth-order valence-electron chi connectivity index (χ4n) is 4.22. The van der Waals surface area contributed by atoms with E-state index in [1.807, 2.05) is 43.3 Å². The molecule has 1 amide bonds. The Morgan fingerprint density at radius 2 is 1.82 bits per heavy atom. The number of fused-ring (bicyclic) bond motifs is 1. The van der Waals surface area contributed by atoms with Crippen molar-refractivity contribution in [2.45, 2.75) is 39.2 Å². The summed E-state index contributed by atoms with van der Waals surface area (Å²) in [6, 6.07) is 13.5. The molecule has 1 aromatic heterocycles. The average Bonchev–Trinajstić information content (AvgIpc) is 2.79. The van der Waals surface area contributed by atoms with Gasteiger partial charge in [-0.05, 0) is 55.9 Å². The number of aromatic nitrogens is 2. The van der Waals surface area contributed by atoms with Crippen molar-refractivity contribution in [3.8, 4) is 0 Å². The number of nitrogen functional groups attached to an aromatic ring is 1. The second kappa shape index (κ2) is 10.7. The van der Waals surface area contributed by atoms with E-state index in [9.17, 15) is 4.79 Å². The van der Waals surface area contributed by atoms with E-state index in [2.05, 4.69) is 10.6 Å². The monoisotopic (exact) mass is 468 g/mol. The summed E-state index contributed by atoms with van der Waals surface area (Å²) in [5.74, 6) is 1.84. The third-order valence-electron chi connectivity index (χ3n) is 6.01. The number of nitrogens with one attached hydrogen (secondary N) is 2. The average molecular weight is 469 g/mol. The highest BCUT2D eigenvalue weighted by Gasteiger charge is 2.23. The van der Waals surface area contributed by atoms with Crippen molar-refractivity contribution in [3.05, 3.63) is 53.1 Å². The van der Waals surface area contributed by atoms with Gasteiger partial charge < -0.3 is 21.3 Å². The van der Waals surface area contributed by atoms with Gasteiger partial charge in [0.05, 0.1) is 21.8 Å². The highest BCUT2D eigenvalue weighted by molar-refractivity contribution is 6.36. The first-order chi connectivity index (χ1) is 15.4. The van der Waals surface area contributed by atoms with E-state index in [4.69, 9.17) is 27.3 Å².